The number of nitrogens with zero attached hydrogens (tertiary/aromatic N) is 3. The molecule has 1 saturated heterocycles. The Morgan fingerprint density at radius 1 is 1.63 bits per heavy atom. The molecule has 2 N–H and O–H groups in total. The molecule has 1 atom stereocenters. The van der Waals surface area contributed by atoms with Gasteiger partial charge in [0, 0.05) is 38.6 Å². The van der Waals surface area contributed by atoms with Gasteiger partial charge in [-0.25, -0.2) is 4.79 Å². The van der Waals surface area contributed by atoms with E-state index in [0.29, 0.717) is 32.6 Å². The van der Waals surface area contributed by atoms with Crippen LogP contribution in [0.15, 0.2) is 18.5 Å². The number of hydrogen-bond acceptors (Lipinski definition) is 3. The second-order valence-electron chi connectivity index (χ2n) is 4.42. The monoisotopic (exact) mass is 265 g/mol. The quantitative estimate of drug-likeness (QED) is 0.758. The molecule has 1 aromatic rings. The van der Waals surface area contributed by atoms with Crippen molar-refractivity contribution in [3.63, 3.8) is 0 Å². The molecule has 0 aliphatic carbocycles. The third-order valence-corrected chi connectivity index (χ3v) is 3.16. The zero-order valence-corrected chi connectivity index (χ0v) is 11.0. The number of carbonyl (C=O) groups is 2. The van der Waals surface area contributed by atoms with Gasteiger partial charge in [0.05, 0.1) is 0 Å². The predicted molar refractivity (Wildman–Crippen MR) is 69.5 cm³/mol. The number of carbonyl (C=O) groups excluding carboxylic acids is 2. The lowest BCUT2D eigenvalue weighted by Gasteiger charge is -2.18. The number of amides is 3. The maximum absolute atomic E-state index is 12.0. The van der Waals surface area contributed by atoms with Gasteiger partial charge in [-0.3, -0.25) is 9.48 Å². The topological polar surface area (TPSA) is 79.3 Å². The summed E-state index contributed by atoms with van der Waals surface area (Å²) in [5, 5.41) is 9.66. The Balaban J connectivity index is 1.78. The highest BCUT2D eigenvalue weighted by atomic mass is 16.2. The van der Waals surface area contributed by atoms with E-state index in [0.717, 1.165) is 0 Å². The first-order valence-electron chi connectivity index (χ1n) is 6.52. The zero-order valence-electron chi connectivity index (χ0n) is 11.0. The van der Waals surface area contributed by atoms with E-state index in [1.807, 2.05) is 6.92 Å². The van der Waals surface area contributed by atoms with Crippen LogP contribution in [-0.2, 0) is 4.79 Å². The summed E-state index contributed by atoms with van der Waals surface area (Å²) in [6.07, 6.45) is 4.11. The highest BCUT2D eigenvalue weighted by Gasteiger charge is 2.21. The summed E-state index contributed by atoms with van der Waals surface area (Å²) < 4.78 is 1.65. The number of aromatic nitrogens is 2. The van der Waals surface area contributed by atoms with Gasteiger partial charge in [-0.1, -0.05) is 6.92 Å². The Hall–Kier alpha value is -2.05. The van der Waals surface area contributed by atoms with Crippen LogP contribution in [0.3, 0.4) is 0 Å². The second kappa shape index (κ2) is 6.21. The summed E-state index contributed by atoms with van der Waals surface area (Å²) in [5.41, 5.74) is 0. The van der Waals surface area contributed by atoms with Gasteiger partial charge in [0.15, 0.2) is 0 Å². The zero-order chi connectivity index (χ0) is 13.7. The second-order valence-corrected chi connectivity index (χ2v) is 4.42. The Morgan fingerprint density at radius 2 is 2.47 bits per heavy atom. The van der Waals surface area contributed by atoms with Crippen molar-refractivity contribution in [3.05, 3.63) is 18.5 Å². The summed E-state index contributed by atoms with van der Waals surface area (Å²) in [4.78, 5) is 25.0. The van der Waals surface area contributed by atoms with Crippen molar-refractivity contribution < 1.29 is 9.59 Å². The van der Waals surface area contributed by atoms with E-state index >= 15 is 0 Å². The molecule has 0 aromatic carbocycles. The summed E-state index contributed by atoms with van der Waals surface area (Å²) in [5.74, 6) is -0.0641. The van der Waals surface area contributed by atoms with Gasteiger partial charge in [0.25, 0.3) is 0 Å². The summed E-state index contributed by atoms with van der Waals surface area (Å²) >= 11 is 0. The Bertz CT molecular complexity index is 431. The van der Waals surface area contributed by atoms with Crippen LogP contribution in [0.2, 0.25) is 0 Å². The fourth-order valence-corrected chi connectivity index (χ4v) is 2.11. The molecule has 1 aromatic heterocycles. The molecular formula is C12H19N5O2. The Kier molecular flexibility index (Phi) is 4.38. The molecule has 0 bridgehead atoms. The van der Waals surface area contributed by atoms with Crippen LogP contribution in [0.4, 0.5) is 4.79 Å². The normalized spacial score (nSPS) is 16.3. The van der Waals surface area contributed by atoms with Crippen LogP contribution < -0.4 is 10.6 Å². The molecule has 0 spiro atoms. The maximum atomic E-state index is 12.0. The molecule has 3 amide bonds. The maximum Gasteiger partial charge on any atom is 0.317 e. The lowest BCUT2D eigenvalue weighted by atomic mass is 10.2. The number of urea groups is 1. The Morgan fingerprint density at radius 3 is 3.05 bits per heavy atom. The van der Waals surface area contributed by atoms with E-state index < -0.39 is 0 Å². The highest BCUT2D eigenvalue weighted by Crippen LogP contribution is 2.09. The van der Waals surface area contributed by atoms with E-state index in [9.17, 15) is 9.59 Å². The van der Waals surface area contributed by atoms with E-state index in [4.69, 9.17) is 0 Å². The summed E-state index contributed by atoms with van der Waals surface area (Å²) in [7, 11) is 0. The molecule has 1 unspecified atom stereocenters. The van der Waals surface area contributed by atoms with E-state index in [1.54, 1.807) is 28.0 Å². The minimum atomic E-state index is -0.289. The van der Waals surface area contributed by atoms with Gasteiger partial charge in [0.1, 0.15) is 6.04 Å². The average molecular weight is 265 g/mol. The smallest absolute Gasteiger partial charge is 0.317 e. The average Bonchev–Trinajstić information content (AvgIpc) is 3.03. The fourth-order valence-electron chi connectivity index (χ4n) is 2.11. The fraction of sp³-hybridized carbons (Fsp3) is 0.583. The first-order chi connectivity index (χ1) is 9.22. The predicted octanol–water partition coefficient (Wildman–Crippen LogP) is -0.0244. The van der Waals surface area contributed by atoms with Gasteiger partial charge < -0.3 is 15.5 Å². The molecule has 1 fully saturated rings. The molecule has 2 rings (SSSR count). The van der Waals surface area contributed by atoms with Crippen molar-refractivity contribution in [2.75, 3.05) is 26.2 Å². The number of rotatable bonds is 6. The van der Waals surface area contributed by atoms with Gasteiger partial charge in [-0.05, 0) is 12.5 Å². The molecular weight excluding hydrogens is 246 g/mol. The molecule has 7 heteroatoms. The molecule has 7 nitrogen and oxygen atoms in total. The van der Waals surface area contributed by atoms with Gasteiger partial charge in [-0.15, -0.1) is 0 Å². The Labute approximate surface area is 111 Å². The minimum absolute atomic E-state index is 0.0617. The van der Waals surface area contributed by atoms with Crippen LogP contribution in [-0.4, -0.2) is 52.8 Å². The first kappa shape index (κ1) is 13.4. The molecule has 1 aliphatic rings. The van der Waals surface area contributed by atoms with Gasteiger partial charge in [-0.2, -0.15) is 5.10 Å². The largest absolute Gasteiger partial charge is 0.352 e. The summed E-state index contributed by atoms with van der Waals surface area (Å²) in [6.45, 7) is 4.32. The van der Waals surface area contributed by atoms with Crippen LogP contribution in [0.1, 0.15) is 19.4 Å². The van der Waals surface area contributed by atoms with Crippen LogP contribution >= 0.6 is 0 Å². The van der Waals surface area contributed by atoms with Crippen molar-refractivity contribution in [1.82, 2.24) is 25.3 Å². The molecule has 104 valence electrons. The summed E-state index contributed by atoms with van der Waals surface area (Å²) in [6, 6.07) is 1.45. The van der Waals surface area contributed by atoms with E-state index in [2.05, 4.69) is 15.7 Å². The first-order valence-corrected chi connectivity index (χ1v) is 6.52. The van der Waals surface area contributed by atoms with Crippen LogP contribution in [0, 0.1) is 0 Å². The van der Waals surface area contributed by atoms with Crippen molar-refractivity contribution in [2.45, 2.75) is 19.4 Å². The number of nitrogens with one attached hydrogen (secondary N) is 2. The van der Waals surface area contributed by atoms with Crippen molar-refractivity contribution in [2.24, 2.45) is 0 Å². The lowest BCUT2D eigenvalue weighted by Crippen LogP contribution is -2.39. The van der Waals surface area contributed by atoms with E-state index in [1.165, 1.54) is 0 Å². The van der Waals surface area contributed by atoms with Crippen molar-refractivity contribution in [1.29, 1.82) is 0 Å². The molecule has 0 radical (unpaired) electrons. The minimum Gasteiger partial charge on any atom is -0.352 e. The van der Waals surface area contributed by atoms with Gasteiger partial charge >= 0.3 is 6.03 Å². The highest BCUT2D eigenvalue weighted by molar-refractivity contribution is 5.80. The van der Waals surface area contributed by atoms with Crippen molar-refractivity contribution >= 4 is 11.9 Å². The van der Waals surface area contributed by atoms with Crippen molar-refractivity contribution in [3.8, 4) is 0 Å². The lowest BCUT2D eigenvalue weighted by molar-refractivity contribution is -0.124. The van der Waals surface area contributed by atoms with Crippen LogP contribution in [0.25, 0.3) is 0 Å². The molecule has 0 saturated carbocycles. The third-order valence-electron chi connectivity index (χ3n) is 3.16. The van der Waals surface area contributed by atoms with Crippen LogP contribution in [0.5, 0.6) is 0 Å². The number of hydrogen-bond donors (Lipinski definition) is 2. The third kappa shape index (κ3) is 3.24. The molecule has 2 heterocycles. The molecule has 19 heavy (non-hydrogen) atoms. The SMILES string of the molecule is CCC(C(=O)NCCN1CCNC1=O)n1cccn1. The van der Waals surface area contributed by atoms with Gasteiger partial charge in [0.2, 0.25) is 5.91 Å². The van der Waals surface area contributed by atoms with E-state index in [-0.39, 0.29) is 18.0 Å². The molecule has 1 aliphatic heterocycles. The standard InChI is InChI=1S/C12H19N5O2/c1-2-10(17-7-3-4-15-17)11(18)13-5-8-16-9-6-14-12(16)19/h3-4,7,10H,2,5-6,8-9H2,1H3,(H,13,18)(H,14,19).